The standard InChI is InChI=1S/C14H17F2NO3/c15-11-5-6-12(16)10(8-11)9-13(18)17-7-3-1-2-4-14(19)20/h5-6,8H,1-4,7,9H2,(H,17,18)(H,19,20). The van der Waals surface area contributed by atoms with Crippen LogP contribution in [0, 0.1) is 11.6 Å². The number of carbonyl (C=O) groups is 2. The molecule has 4 nitrogen and oxygen atoms in total. The molecule has 1 rings (SSSR count). The quantitative estimate of drug-likeness (QED) is 0.720. The van der Waals surface area contributed by atoms with Crippen LogP contribution < -0.4 is 5.32 Å². The third kappa shape index (κ3) is 6.26. The molecule has 1 aromatic rings. The van der Waals surface area contributed by atoms with Gasteiger partial charge < -0.3 is 10.4 Å². The van der Waals surface area contributed by atoms with Crippen molar-refractivity contribution in [1.82, 2.24) is 5.32 Å². The average molecular weight is 285 g/mol. The summed E-state index contributed by atoms with van der Waals surface area (Å²) in [5.74, 6) is -2.41. The Bertz CT molecular complexity index is 477. The van der Waals surface area contributed by atoms with E-state index in [4.69, 9.17) is 5.11 Å². The summed E-state index contributed by atoms with van der Waals surface area (Å²) in [6.07, 6.45) is 1.82. The Morgan fingerprint density at radius 3 is 2.60 bits per heavy atom. The van der Waals surface area contributed by atoms with Crippen LogP contribution in [-0.2, 0) is 16.0 Å². The van der Waals surface area contributed by atoms with Crippen LogP contribution >= 0.6 is 0 Å². The summed E-state index contributed by atoms with van der Waals surface area (Å²) in [7, 11) is 0. The van der Waals surface area contributed by atoms with Crippen molar-refractivity contribution in [2.45, 2.75) is 32.1 Å². The maximum absolute atomic E-state index is 13.3. The molecule has 0 aromatic heterocycles. The lowest BCUT2D eigenvalue weighted by molar-refractivity contribution is -0.137. The van der Waals surface area contributed by atoms with E-state index >= 15 is 0 Å². The first-order valence-corrected chi connectivity index (χ1v) is 6.41. The Labute approximate surface area is 115 Å². The number of unbranched alkanes of at least 4 members (excludes halogenated alkanes) is 2. The van der Waals surface area contributed by atoms with Crippen molar-refractivity contribution in [3.05, 3.63) is 35.4 Å². The summed E-state index contributed by atoms with van der Waals surface area (Å²) in [5, 5.41) is 11.0. The molecular weight excluding hydrogens is 268 g/mol. The van der Waals surface area contributed by atoms with Crippen molar-refractivity contribution in [2.75, 3.05) is 6.54 Å². The first-order valence-electron chi connectivity index (χ1n) is 6.41. The number of halogens is 2. The lowest BCUT2D eigenvalue weighted by Crippen LogP contribution is -2.26. The second-order valence-corrected chi connectivity index (χ2v) is 4.47. The fourth-order valence-electron chi connectivity index (χ4n) is 1.72. The molecule has 0 heterocycles. The van der Waals surface area contributed by atoms with Crippen LogP contribution in [0.1, 0.15) is 31.2 Å². The Balaban J connectivity index is 2.23. The number of hydrogen-bond acceptors (Lipinski definition) is 2. The van der Waals surface area contributed by atoms with Crippen LogP contribution in [0.15, 0.2) is 18.2 Å². The van der Waals surface area contributed by atoms with Crippen LogP contribution in [0.3, 0.4) is 0 Å². The lowest BCUT2D eigenvalue weighted by atomic mass is 10.1. The molecule has 0 bridgehead atoms. The van der Waals surface area contributed by atoms with Crippen molar-refractivity contribution in [1.29, 1.82) is 0 Å². The second-order valence-electron chi connectivity index (χ2n) is 4.47. The monoisotopic (exact) mass is 285 g/mol. The Morgan fingerprint density at radius 1 is 1.15 bits per heavy atom. The first-order chi connectivity index (χ1) is 9.49. The van der Waals surface area contributed by atoms with E-state index < -0.39 is 17.6 Å². The maximum Gasteiger partial charge on any atom is 0.303 e. The molecule has 0 aliphatic heterocycles. The van der Waals surface area contributed by atoms with Gasteiger partial charge in [0.25, 0.3) is 0 Å². The molecule has 0 fully saturated rings. The molecule has 2 N–H and O–H groups in total. The Hall–Kier alpha value is -1.98. The van der Waals surface area contributed by atoms with Gasteiger partial charge in [-0.3, -0.25) is 9.59 Å². The fraction of sp³-hybridized carbons (Fsp3) is 0.429. The first kappa shape index (κ1) is 16.1. The summed E-state index contributed by atoms with van der Waals surface area (Å²) >= 11 is 0. The van der Waals surface area contributed by atoms with Gasteiger partial charge >= 0.3 is 5.97 Å². The number of carboxylic acid groups (broad SMARTS) is 1. The molecule has 0 unspecified atom stereocenters. The molecule has 1 amide bonds. The third-order valence-electron chi connectivity index (χ3n) is 2.75. The second kappa shape index (κ2) is 8.24. The summed E-state index contributed by atoms with van der Waals surface area (Å²) in [6.45, 7) is 0.398. The molecule has 110 valence electrons. The van der Waals surface area contributed by atoms with Crippen LogP contribution in [-0.4, -0.2) is 23.5 Å². The number of hydrogen-bond donors (Lipinski definition) is 2. The van der Waals surface area contributed by atoms with Crippen LogP contribution in [0.5, 0.6) is 0 Å². The minimum atomic E-state index is -0.837. The normalized spacial score (nSPS) is 10.3. The Morgan fingerprint density at radius 2 is 1.90 bits per heavy atom. The molecule has 1 aromatic carbocycles. The number of carboxylic acids is 1. The lowest BCUT2D eigenvalue weighted by Gasteiger charge is -2.06. The van der Waals surface area contributed by atoms with Crippen molar-refractivity contribution < 1.29 is 23.5 Å². The largest absolute Gasteiger partial charge is 0.481 e. The van der Waals surface area contributed by atoms with Gasteiger partial charge in [0.1, 0.15) is 11.6 Å². The maximum atomic E-state index is 13.3. The van der Waals surface area contributed by atoms with Gasteiger partial charge in [-0.2, -0.15) is 0 Å². The molecule has 20 heavy (non-hydrogen) atoms. The number of benzene rings is 1. The topological polar surface area (TPSA) is 66.4 Å². The smallest absolute Gasteiger partial charge is 0.303 e. The van der Waals surface area contributed by atoms with E-state index in [-0.39, 0.29) is 24.3 Å². The zero-order valence-electron chi connectivity index (χ0n) is 11.0. The van der Waals surface area contributed by atoms with E-state index in [2.05, 4.69) is 5.32 Å². The molecule has 0 radical (unpaired) electrons. The highest BCUT2D eigenvalue weighted by atomic mass is 19.1. The summed E-state index contributed by atoms with van der Waals surface area (Å²) in [6, 6.07) is 2.99. The number of aliphatic carboxylic acids is 1. The molecule has 0 atom stereocenters. The molecule has 0 saturated heterocycles. The van der Waals surface area contributed by atoms with Gasteiger partial charge in [0, 0.05) is 18.5 Å². The predicted molar refractivity (Wildman–Crippen MR) is 69.2 cm³/mol. The van der Waals surface area contributed by atoms with Crippen LogP contribution in [0.25, 0.3) is 0 Å². The highest BCUT2D eigenvalue weighted by Gasteiger charge is 2.09. The van der Waals surface area contributed by atoms with E-state index in [1.807, 2.05) is 0 Å². The van der Waals surface area contributed by atoms with E-state index in [0.29, 0.717) is 25.8 Å². The number of amides is 1. The van der Waals surface area contributed by atoms with Crippen molar-refractivity contribution in [3.8, 4) is 0 Å². The van der Waals surface area contributed by atoms with Gasteiger partial charge in [0.15, 0.2) is 0 Å². The molecule has 6 heteroatoms. The molecule has 0 spiro atoms. The van der Waals surface area contributed by atoms with Crippen molar-refractivity contribution in [3.63, 3.8) is 0 Å². The van der Waals surface area contributed by atoms with E-state index in [0.717, 1.165) is 18.2 Å². The van der Waals surface area contributed by atoms with E-state index in [9.17, 15) is 18.4 Å². The van der Waals surface area contributed by atoms with E-state index in [1.165, 1.54) is 0 Å². The molecule has 0 saturated carbocycles. The van der Waals surface area contributed by atoms with Crippen molar-refractivity contribution >= 4 is 11.9 Å². The third-order valence-corrected chi connectivity index (χ3v) is 2.75. The minimum absolute atomic E-state index is 0.0216. The fourth-order valence-corrected chi connectivity index (χ4v) is 1.72. The summed E-state index contributed by atoms with van der Waals surface area (Å²) in [5.41, 5.74) is 0.0216. The van der Waals surface area contributed by atoms with Gasteiger partial charge in [0.2, 0.25) is 5.91 Å². The predicted octanol–water partition coefficient (Wildman–Crippen LogP) is 2.27. The van der Waals surface area contributed by atoms with Gasteiger partial charge in [-0.05, 0) is 31.0 Å². The van der Waals surface area contributed by atoms with Crippen molar-refractivity contribution in [2.24, 2.45) is 0 Å². The summed E-state index contributed by atoms with van der Waals surface area (Å²) < 4.78 is 26.2. The highest BCUT2D eigenvalue weighted by Crippen LogP contribution is 2.10. The zero-order chi connectivity index (χ0) is 15.0. The highest BCUT2D eigenvalue weighted by molar-refractivity contribution is 5.78. The number of rotatable bonds is 8. The SMILES string of the molecule is O=C(O)CCCCCNC(=O)Cc1cc(F)ccc1F. The van der Waals surface area contributed by atoms with Crippen LogP contribution in [0.4, 0.5) is 8.78 Å². The number of carbonyl (C=O) groups excluding carboxylic acids is 1. The molecular formula is C14H17F2NO3. The Kier molecular flexibility index (Phi) is 6.63. The van der Waals surface area contributed by atoms with Crippen LogP contribution in [0.2, 0.25) is 0 Å². The van der Waals surface area contributed by atoms with Gasteiger partial charge in [-0.25, -0.2) is 8.78 Å². The average Bonchev–Trinajstić information content (AvgIpc) is 2.37. The van der Waals surface area contributed by atoms with E-state index in [1.54, 1.807) is 0 Å². The molecule has 0 aliphatic rings. The van der Waals surface area contributed by atoms with Gasteiger partial charge in [-0.1, -0.05) is 6.42 Å². The zero-order valence-corrected chi connectivity index (χ0v) is 11.0. The van der Waals surface area contributed by atoms with Gasteiger partial charge in [0.05, 0.1) is 6.42 Å². The number of nitrogens with one attached hydrogen (secondary N) is 1. The van der Waals surface area contributed by atoms with Gasteiger partial charge in [-0.15, -0.1) is 0 Å². The minimum Gasteiger partial charge on any atom is -0.481 e. The molecule has 0 aliphatic carbocycles. The summed E-state index contributed by atoms with van der Waals surface area (Å²) in [4.78, 5) is 21.8.